The summed E-state index contributed by atoms with van der Waals surface area (Å²) in [6.07, 6.45) is 3.02. The molecule has 1 amide bonds. The summed E-state index contributed by atoms with van der Waals surface area (Å²) in [5.74, 6) is -0.929. The molecule has 1 unspecified atom stereocenters. The van der Waals surface area contributed by atoms with E-state index in [0.29, 0.717) is 5.75 Å². The quantitative estimate of drug-likeness (QED) is 0.770. The minimum atomic E-state index is -0.634. The molecule has 0 aromatic heterocycles. The van der Waals surface area contributed by atoms with E-state index in [4.69, 9.17) is 4.74 Å². The third kappa shape index (κ3) is 5.13. The number of nitrogens with one attached hydrogen (secondary N) is 1. The second-order valence-corrected chi connectivity index (χ2v) is 5.97. The number of hydrogen-bond acceptors (Lipinski definition) is 3. The summed E-state index contributed by atoms with van der Waals surface area (Å²) in [6, 6.07) is 10.4. The summed E-state index contributed by atoms with van der Waals surface area (Å²) in [5.41, 5.74) is 0.749. The number of likely N-dealkylation sites (N-methyl/N-ethyl adjacent to an activating group) is 1. The molecule has 26 heavy (non-hydrogen) atoms. The van der Waals surface area contributed by atoms with E-state index in [2.05, 4.69) is 5.32 Å². The maximum atomic E-state index is 14.0. The zero-order valence-electron chi connectivity index (χ0n) is 15.0. The Morgan fingerprint density at radius 2 is 1.85 bits per heavy atom. The lowest BCUT2D eigenvalue weighted by atomic mass is 10.0. The van der Waals surface area contributed by atoms with Crippen molar-refractivity contribution in [1.82, 2.24) is 10.2 Å². The number of carbonyl (C=O) groups is 1. The van der Waals surface area contributed by atoms with Crippen LogP contribution in [0.5, 0.6) is 5.75 Å². The fraction of sp³-hybridized carbons (Fsp3) is 0.250. The van der Waals surface area contributed by atoms with Crippen molar-refractivity contribution in [2.24, 2.45) is 0 Å². The number of nitrogens with zero attached hydrogens (tertiary/aromatic N) is 1. The van der Waals surface area contributed by atoms with Crippen LogP contribution in [-0.4, -0.2) is 38.6 Å². The Morgan fingerprint density at radius 1 is 1.19 bits per heavy atom. The van der Waals surface area contributed by atoms with Gasteiger partial charge in [-0.05, 0) is 50.0 Å². The molecule has 0 saturated carbocycles. The van der Waals surface area contributed by atoms with Gasteiger partial charge in [-0.1, -0.05) is 18.2 Å². The summed E-state index contributed by atoms with van der Waals surface area (Å²) in [7, 11) is 4.97. The summed E-state index contributed by atoms with van der Waals surface area (Å²) in [5, 5.41) is 2.68. The summed E-state index contributed by atoms with van der Waals surface area (Å²) < 4.78 is 33.2. The van der Waals surface area contributed by atoms with Crippen LogP contribution in [0.15, 0.2) is 48.5 Å². The van der Waals surface area contributed by atoms with Crippen LogP contribution in [0.2, 0.25) is 0 Å². The normalized spacial score (nSPS) is 12.4. The predicted molar refractivity (Wildman–Crippen MR) is 97.8 cm³/mol. The van der Waals surface area contributed by atoms with Crippen LogP contribution in [-0.2, 0) is 4.79 Å². The molecule has 1 atom stereocenters. The second kappa shape index (κ2) is 9.10. The van der Waals surface area contributed by atoms with Gasteiger partial charge in [0, 0.05) is 18.2 Å². The molecule has 4 nitrogen and oxygen atoms in total. The highest BCUT2D eigenvalue weighted by Crippen LogP contribution is 2.23. The van der Waals surface area contributed by atoms with Crippen LogP contribution in [0.4, 0.5) is 8.78 Å². The lowest BCUT2D eigenvalue weighted by Crippen LogP contribution is -2.34. The van der Waals surface area contributed by atoms with Crippen molar-refractivity contribution in [3.8, 4) is 5.75 Å². The molecule has 0 aliphatic rings. The molecular weight excluding hydrogens is 338 g/mol. The highest BCUT2D eigenvalue weighted by molar-refractivity contribution is 5.91. The molecule has 0 saturated heterocycles. The van der Waals surface area contributed by atoms with Gasteiger partial charge in [0.25, 0.3) is 0 Å². The summed E-state index contributed by atoms with van der Waals surface area (Å²) in [4.78, 5) is 13.7. The Kier molecular flexibility index (Phi) is 6.86. The first kappa shape index (κ1) is 19.6. The number of amides is 1. The van der Waals surface area contributed by atoms with E-state index >= 15 is 0 Å². The van der Waals surface area contributed by atoms with Crippen molar-refractivity contribution in [1.29, 1.82) is 0 Å². The SMILES string of the molecule is COc1cccc(/C=C/C(=O)NCC(c2c(F)cccc2F)N(C)C)c1. The van der Waals surface area contributed by atoms with E-state index in [-0.39, 0.29) is 18.0 Å². The van der Waals surface area contributed by atoms with Crippen molar-refractivity contribution in [3.63, 3.8) is 0 Å². The van der Waals surface area contributed by atoms with Crippen molar-refractivity contribution < 1.29 is 18.3 Å². The van der Waals surface area contributed by atoms with E-state index in [1.54, 1.807) is 38.2 Å². The average Bonchev–Trinajstić information content (AvgIpc) is 2.62. The monoisotopic (exact) mass is 360 g/mol. The van der Waals surface area contributed by atoms with Crippen molar-refractivity contribution in [3.05, 3.63) is 71.3 Å². The molecule has 0 radical (unpaired) electrons. The molecule has 2 rings (SSSR count). The number of carbonyl (C=O) groups excluding carboxylic acids is 1. The summed E-state index contributed by atoms with van der Waals surface area (Å²) in [6.45, 7) is 0.0755. The molecule has 0 heterocycles. The van der Waals surface area contributed by atoms with Gasteiger partial charge < -0.3 is 15.0 Å². The molecule has 6 heteroatoms. The van der Waals surface area contributed by atoms with Crippen LogP contribution in [0.3, 0.4) is 0 Å². The average molecular weight is 360 g/mol. The Labute approximate surface area is 152 Å². The number of rotatable bonds is 7. The number of methoxy groups -OCH3 is 1. The maximum Gasteiger partial charge on any atom is 0.244 e. The molecule has 138 valence electrons. The van der Waals surface area contributed by atoms with Gasteiger partial charge >= 0.3 is 0 Å². The third-order valence-corrected chi connectivity index (χ3v) is 3.95. The minimum Gasteiger partial charge on any atom is -0.497 e. The summed E-state index contributed by atoms with van der Waals surface area (Å²) >= 11 is 0. The van der Waals surface area contributed by atoms with Crippen LogP contribution in [0.25, 0.3) is 6.08 Å². The molecule has 0 spiro atoms. The molecule has 0 aliphatic carbocycles. The van der Waals surface area contributed by atoms with Gasteiger partial charge in [0.15, 0.2) is 0 Å². The topological polar surface area (TPSA) is 41.6 Å². The van der Waals surface area contributed by atoms with Crippen LogP contribution >= 0.6 is 0 Å². The molecule has 0 bridgehead atoms. The fourth-order valence-corrected chi connectivity index (χ4v) is 2.55. The smallest absolute Gasteiger partial charge is 0.244 e. The molecule has 2 aromatic rings. The van der Waals surface area contributed by atoms with Gasteiger partial charge in [-0.3, -0.25) is 4.79 Å². The fourth-order valence-electron chi connectivity index (χ4n) is 2.55. The highest BCUT2D eigenvalue weighted by Gasteiger charge is 2.22. The van der Waals surface area contributed by atoms with Crippen molar-refractivity contribution in [2.45, 2.75) is 6.04 Å². The predicted octanol–water partition coefficient (Wildman–Crippen LogP) is 3.41. The van der Waals surface area contributed by atoms with Gasteiger partial charge in [0.05, 0.1) is 13.2 Å². The number of hydrogen-bond donors (Lipinski definition) is 1. The van der Waals surface area contributed by atoms with E-state index in [9.17, 15) is 13.6 Å². The van der Waals surface area contributed by atoms with Crippen LogP contribution < -0.4 is 10.1 Å². The van der Waals surface area contributed by atoms with Gasteiger partial charge in [0.2, 0.25) is 5.91 Å². The minimum absolute atomic E-state index is 0.0606. The largest absolute Gasteiger partial charge is 0.497 e. The van der Waals surface area contributed by atoms with Crippen molar-refractivity contribution >= 4 is 12.0 Å². The van der Waals surface area contributed by atoms with Crippen molar-refractivity contribution in [2.75, 3.05) is 27.7 Å². The van der Waals surface area contributed by atoms with Crippen LogP contribution in [0.1, 0.15) is 17.2 Å². The van der Waals surface area contributed by atoms with Gasteiger partial charge in [-0.2, -0.15) is 0 Å². The Hall–Kier alpha value is -2.73. The van der Waals surface area contributed by atoms with Crippen LogP contribution in [0, 0.1) is 11.6 Å². The lowest BCUT2D eigenvalue weighted by Gasteiger charge is -2.25. The molecule has 2 aromatic carbocycles. The Bertz CT molecular complexity index is 771. The first-order chi connectivity index (χ1) is 12.4. The Balaban J connectivity index is 2.04. The maximum absolute atomic E-state index is 14.0. The zero-order chi connectivity index (χ0) is 19.1. The van der Waals surface area contributed by atoms with Gasteiger partial charge in [-0.25, -0.2) is 8.78 Å². The van der Waals surface area contributed by atoms with E-state index in [1.165, 1.54) is 24.3 Å². The van der Waals surface area contributed by atoms with E-state index < -0.39 is 17.7 Å². The first-order valence-corrected chi connectivity index (χ1v) is 8.12. The van der Waals surface area contributed by atoms with Gasteiger partial charge in [0.1, 0.15) is 17.4 Å². The second-order valence-electron chi connectivity index (χ2n) is 5.97. The lowest BCUT2D eigenvalue weighted by molar-refractivity contribution is -0.116. The standard InChI is InChI=1S/C20H22F2N2O2/c1-24(2)18(20-16(21)8-5-9-17(20)22)13-23-19(25)11-10-14-6-4-7-15(12-14)26-3/h4-12,18H,13H2,1-3H3,(H,23,25)/b11-10+. The third-order valence-electron chi connectivity index (χ3n) is 3.95. The highest BCUT2D eigenvalue weighted by atomic mass is 19.1. The molecular formula is C20H22F2N2O2. The first-order valence-electron chi connectivity index (χ1n) is 8.12. The van der Waals surface area contributed by atoms with Gasteiger partial charge in [-0.15, -0.1) is 0 Å². The van der Waals surface area contributed by atoms with E-state index in [1.807, 2.05) is 18.2 Å². The zero-order valence-corrected chi connectivity index (χ0v) is 15.0. The Morgan fingerprint density at radius 3 is 2.46 bits per heavy atom. The number of halogens is 2. The number of ether oxygens (including phenoxy) is 1. The molecule has 0 aliphatic heterocycles. The molecule has 1 N–H and O–H groups in total. The molecule has 0 fully saturated rings. The van der Waals surface area contributed by atoms with E-state index in [0.717, 1.165) is 5.56 Å². The number of benzene rings is 2.